The van der Waals surface area contributed by atoms with Gasteiger partial charge in [-0.15, -0.1) is 15.3 Å². The zero-order valence-electron chi connectivity index (χ0n) is 12.4. The van der Waals surface area contributed by atoms with E-state index in [1.807, 2.05) is 50.2 Å². The number of amidine groups is 1. The number of nitrogens with zero attached hydrogens (tertiary/aromatic N) is 3. The lowest BCUT2D eigenvalue weighted by atomic mass is 10.2. The molecule has 0 unspecified atom stereocenters. The van der Waals surface area contributed by atoms with Gasteiger partial charge in [-0.3, -0.25) is 10.2 Å². The second-order valence-corrected chi connectivity index (χ2v) is 4.81. The molecule has 0 fully saturated rings. The van der Waals surface area contributed by atoms with Crippen LogP contribution in [-0.2, 0) is 4.79 Å². The van der Waals surface area contributed by atoms with E-state index in [4.69, 9.17) is 5.73 Å². The smallest absolute Gasteiger partial charge is 0.290 e. The van der Waals surface area contributed by atoms with Gasteiger partial charge in [0.05, 0.1) is 11.4 Å². The molecular weight excluding hydrogens is 278 g/mol. The molecule has 0 aromatic heterocycles. The maximum Gasteiger partial charge on any atom is 0.290 e. The van der Waals surface area contributed by atoms with Gasteiger partial charge in [0.25, 0.3) is 11.7 Å². The van der Waals surface area contributed by atoms with Crippen molar-refractivity contribution in [1.82, 2.24) is 0 Å². The largest absolute Gasteiger partial charge is 0.363 e. The SMILES string of the molecule is Cc1ccc(N=NC(=NNc2ccc(C)cc2)C(N)=O)cc1. The van der Waals surface area contributed by atoms with Crippen molar-refractivity contribution in [1.29, 1.82) is 0 Å². The minimum absolute atomic E-state index is 0.193. The quantitative estimate of drug-likeness (QED) is 0.393. The first kappa shape index (κ1) is 15.4. The summed E-state index contributed by atoms with van der Waals surface area (Å²) in [4.78, 5) is 11.3. The average molecular weight is 295 g/mol. The fourth-order valence-electron chi connectivity index (χ4n) is 1.59. The van der Waals surface area contributed by atoms with Gasteiger partial charge in [0, 0.05) is 0 Å². The van der Waals surface area contributed by atoms with Crippen LogP contribution >= 0.6 is 0 Å². The molecule has 0 aliphatic heterocycles. The molecular formula is C16H17N5O. The van der Waals surface area contributed by atoms with Gasteiger partial charge in [-0.05, 0) is 38.1 Å². The van der Waals surface area contributed by atoms with Gasteiger partial charge < -0.3 is 5.73 Å². The molecule has 2 aromatic carbocycles. The zero-order valence-corrected chi connectivity index (χ0v) is 12.4. The molecule has 0 radical (unpaired) electrons. The molecule has 0 spiro atoms. The van der Waals surface area contributed by atoms with Gasteiger partial charge in [-0.2, -0.15) is 0 Å². The van der Waals surface area contributed by atoms with E-state index < -0.39 is 5.91 Å². The third kappa shape index (κ3) is 4.52. The van der Waals surface area contributed by atoms with Crippen LogP contribution in [0, 0.1) is 13.8 Å². The van der Waals surface area contributed by atoms with E-state index in [0.29, 0.717) is 5.69 Å². The number of nitrogens with two attached hydrogens (primary N) is 1. The lowest BCUT2D eigenvalue weighted by molar-refractivity contribution is -0.112. The number of hydrogen-bond acceptors (Lipinski definition) is 4. The van der Waals surface area contributed by atoms with Gasteiger partial charge in [-0.25, -0.2) is 0 Å². The molecule has 22 heavy (non-hydrogen) atoms. The van der Waals surface area contributed by atoms with Crippen molar-refractivity contribution in [3.63, 3.8) is 0 Å². The molecule has 0 aliphatic rings. The number of carbonyl (C=O) groups is 1. The lowest BCUT2D eigenvalue weighted by Crippen LogP contribution is -2.22. The summed E-state index contributed by atoms with van der Waals surface area (Å²) in [6.07, 6.45) is 0. The number of amides is 1. The molecule has 6 heteroatoms. The van der Waals surface area contributed by atoms with Crippen LogP contribution in [0.15, 0.2) is 63.9 Å². The Kier molecular flexibility index (Phi) is 4.98. The van der Waals surface area contributed by atoms with Crippen LogP contribution in [0.25, 0.3) is 0 Å². The van der Waals surface area contributed by atoms with Gasteiger partial charge in [0.2, 0.25) is 0 Å². The number of aryl methyl sites for hydroxylation is 2. The molecule has 0 heterocycles. The Balaban J connectivity index is 2.12. The molecule has 2 aromatic rings. The van der Waals surface area contributed by atoms with E-state index in [1.54, 1.807) is 12.1 Å². The Morgan fingerprint density at radius 2 is 1.50 bits per heavy atom. The van der Waals surface area contributed by atoms with Crippen LogP contribution in [0.2, 0.25) is 0 Å². The fourth-order valence-corrected chi connectivity index (χ4v) is 1.59. The van der Waals surface area contributed by atoms with Gasteiger partial charge >= 0.3 is 0 Å². The third-order valence-corrected chi connectivity index (χ3v) is 2.86. The standard InChI is InChI=1S/C16H17N5O/c1-11-3-7-13(8-4-11)18-20-16(15(17)22)21-19-14-9-5-12(2)6-10-14/h3-10,18H,1-2H3,(H2,17,22). The fraction of sp³-hybridized carbons (Fsp3) is 0.125. The summed E-state index contributed by atoms with van der Waals surface area (Å²) in [5.74, 6) is -0.948. The topological polar surface area (TPSA) is 92.2 Å². The van der Waals surface area contributed by atoms with Crippen molar-refractivity contribution in [3.8, 4) is 0 Å². The number of anilines is 1. The summed E-state index contributed by atoms with van der Waals surface area (Å²) in [6, 6.07) is 14.9. The van der Waals surface area contributed by atoms with Crippen LogP contribution in [0.1, 0.15) is 11.1 Å². The first-order valence-electron chi connectivity index (χ1n) is 6.73. The van der Waals surface area contributed by atoms with Crippen LogP contribution < -0.4 is 11.2 Å². The molecule has 0 aliphatic carbocycles. The highest BCUT2D eigenvalue weighted by Crippen LogP contribution is 2.13. The van der Waals surface area contributed by atoms with Crippen molar-refractivity contribution in [3.05, 3.63) is 59.7 Å². The van der Waals surface area contributed by atoms with Gasteiger partial charge in [-0.1, -0.05) is 35.4 Å². The normalized spacial score (nSPS) is 11.6. The van der Waals surface area contributed by atoms with Crippen LogP contribution in [0.5, 0.6) is 0 Å². The summed E-state index contributed by atoms with van der Waals surface area (Å²) >= 11 is 0. The van der Waals surface area contributed by atoms with E-state index in [9.17, 15) is 4.79 Å². The van der Waals surface area contributed by atoms with E-state index in [0.717, 1.165) is 16.8 Å². The third-order valence-electron chi connectivity index (χ3n) is 2.86. The van der Waals surface area contributed by atoms with Gasteiger partial charge in [0.1, 0.15) is 0 Å². The molecule has 0 saturated heterocycles. The molecule has 1 amide bonds. The highest BCUT2D eigenvalue weighted by Gasteiger charge is 2.05. The maximum atomic E-state index is 11.3. The summed E-state index contributed by atoms with van der Waals surface area (Å²) in [5, 5.41) is 11.6. The maximum absolute atomic E-state index is 11.3. The predicted molar refractivity (Wildman–Crippen MR) is 87.1 cm³/mol. The molecule has 0 atom stereocenters. The zero-order chi connectivity index (χ0) is 15.9. The summed E-state index contributed by atoms with van der Waals surface area (Å²) in [6.45, 7) is 3.96. The minimum Gasteiger partial charge on any atom is -0.363 e. The Morgan fingerprint density at radius 1 is 0.955 bits per heavy atom. The van der Waals surface area contributed by atoms with Crippen molar-refractivity contribution in [2.24, 2.45) is 21.1 Å². The van der Waals surface area contributed by atoms with Crippen LogP contribution in [0.3, 0.4) is 0 Å². The summed E-state index contributed by atoms with van der Waals surface area (Å²) in [7, 11) is 0. The Bertz CT molecular complexity index is 702. The highest BCUT2D eigenvalue weighted by molar-refractivity contribution is 6.37. The van der Waals surface area contributed by atoms with Crippen LogP contribution in [-0.4, -0.2) is 11.7 Å². The summed E-state index contributed by atoms with van der Waals surface area (Å²) < 4.78 is 0. The molecule has 0 saturated carbocycles. The number of primary amides is 1. The second-order valence-electron chi connectivity index (χ2n) is 4.81. The Hall–Kier alpha value is -3.02. The number of hydrazone groups is 1. The van der Waals surface area contributed by atoms with Crippen molar-refractivity contribution >= 4 is 23.1 Å². The summed E-state index contributed by atoms with van der Waals surface area (Å²) in [5.41, 5.74) is 11.6. The predicted octanol–water partition coefficient (Wildman–Crippen LogP) is 3.30. The number of nitrogens with one attached hydrogen (secondary N) is 1. The number of rotatable bonds is 3. The first-order valence-corrected chi connectivity index (χ1v) is 6.73. The molecule has 6 nitrogen and oxygen atoms in total. The number of azo groups is 1. The monoisotopic (exact) mass is 295 g/mol. The van der Waals surface area contributed by atoms with E-state index >= 15 is 0 Å². The number of hydrogen-bond donors (Lipinski definition) is 2. The number of carbonyl (C=O) groups excluding carboxylic acids is 1. The molecule has 112 valence electrons. The van der Waals surface area contributed by atoms with E-state index in [-0.39, 0.29) is 5.84 Å². The average Bonchev–Trinajstić information content (AvgIpc) is 2.50. The molecule has 0 bridgehead atoms. The van der Waals surface area contributed by atoms with E-state index in [1.165, 1.54) is 0 Å². The number of benzene rings is 2. The van der Waals surface area contributed by atoms with Crippen molar-refractivity contribution in [2.45, 2.75) is 13.8 Å². The molecule has 3 N–H and O–H groups in total. The second kappa shape index (κ2) is 7.12. The lowest BCUT2D eigenvalue weighted by Gasteiger charge is -2.01. The molecule has 2 rings (SSSR count). The Morgan fingerprint density at radius 3 is 2.05 bits per heavy atom. The first-order chi connectivity index (χ1) is 10.5. The van der Waals surface area contributed by atoms with Gasteiger partial charge in [0.15, 0.2) is 0 Å². The van der Waals surface area contributed by atoms with E-state index in [2.05, 4.69) is 20.8 Å². The highest BCUT2D eigenvalue weighted by atomic mass is 16.1. The van der Waals surface area contributed by atoms with Crippen molar-refractivity contribution in [2.75, 3.05) is 5.43 Å². The van der Waals surface area contributed by atoms with Crippen LogP contribution in [0.4, 0.5) is 11.4 Å². The Labute approximate surface area is 128 Å². The van der Waals surface area contributed by atoms with Crippen molar-refractivity contribution < 1.29 is 4.79 Å². The minimum atomic E-state index is -0.754.